The van der Waals surface area contributed by atoms with Crippen molar-refractivity contribution < 1.29 is 8.42 Å². The molecule has 2 aromatic heterocycles. The summed E-state index contributed by atoms with van der Waals surface area (Å²) in [4.78, 5) is 11.7. The molecule has 0 radical (unpaired) electrons. The maximum Gasteiger partial charge on any atom is 0.265 e. The first-order valence-corrected chi connectivity index (χ1v) is 7.99. The van der Waals surface area contributed by atoms with Gasteiger partial charge in [-0.25, -0.2) is 18.4 Å². The molecule has 0 saturated heterocycles. The summed E-state index contributed by atoms with van der Waals surface area (Å²) in [6.07, 6.45) is 5.50. The Morgan fingerprint density at radius 1 is 1.25 bits per heavy atom. The lowest BCUT2D eigenvalue weighted by molar-refractivity contribution is 0.600. The third kappa shape index (κ3) is 3.42. The Hall–Kier alpha value is -1.74. The molecule has 0 amide bonds. The van der Waals surface area contributed by atoms with Gasteiger partial charge in [-0.2, -0.15) is 0 Å². The van der Waals surface area contributed by atoms with E-state index in [4.69, 9.17) is 0 Å². The van der Waals surface area contributed by atoms with E-state index in [1.807, 2.05) is 6.92 Å². The van der Waals surface area contributed by atoms with Crippen LogP contribution in [-0.2, 0) is 10.0 Å². The number of anilines is 2. The van der Waals surface area contributed by atoms with Gasteiger partial charge in [-0.1, -0.05) is 0 Å². The molecule has 0 fully saturated rings. The summed E-state index contributed by atoms with van der Waals surface area (Å²) in [6, 6.07) is 1.55. The van der Waals surface area contributed by atoms with Crippen molar-refractivity contribution in [3.05, 3.63) is 35.3 Å². The van der Waals surface area contributed by atoms with E-state index in [1.165, 1.54) is 24.8 Å². The van der Waals surface area contributed by atoms with E-state index in [9.17, 15) is 8.42 Å². The molecule has 0 atom stereocenters. The third-order valence-corrected chi connectivity index (χ3v) is 4.24. The minimum absolute atomic E-state index is 0.0112. The van der Waals surface area contributed by atoms with Crippen LogP contribution in [0.2, 0.25) is 0 Å². The van der Waals surface area contributed by atoms with Crippen molar-refractivity contribution in [1.29, 1.82) is 0 Å². The molecule has 0 aromatic carbocycles. The van der Waals surface area contributed by atoms with Gasteiger partial charge >= 0.3 is 0 Å². The molecule has 0 aliphatic heterocycles. The van der Waals surface area contributed by atoms with Gasteiger partial charge in [0.2, 0.25) is 5.95 Å². The number of hydrogen-bond acceptors (Lipinski definition) is 6. The number of aromatic nitrogens is 3. The van der Waals surface area contributed by atoms with Crippen LogP contribution in [0, 0.1) is 0 Å². The highest BCUT2D eigenvalue weighted by Gasteiger charge is 2.16. The summed E-state index contributed by atoms with van der Waals surface area (Å²) >= 11 is 3.22. The van der Waals surface area contributed by atoms with Crippen molar-refractivity contribution >= 4 is 37.6 Å². The molecule has 7 nitrogen and oxygen atoms in total. The molecule has 2 rings (SSSR count). The number of hydrogen-bond donors (Lipinski definition) is 2. The van der Waals surface area contributed by atoms with Crippen molar-refractivity contribution in [1.82, 2.24) is 15.0 Å². The third-order valence-electron chi connectivity index (χ3n) is 2.29. The topological polar surface area (TPSA) is 96.9 Å². The predicted molar refractivity (Wildman–Crippen MR) is 78.9 cm³/mol. The second kappa shape index (κ2) is 6.14. The Bertz CT molecular complexity index is 690. The van der Waals surface area contributed by atoms with Crippen LogP contribution in [0.3, 0.4) is 0 Å². The van der Waals surface area contributed by atoms with Crippen LogP contribution in [-0.4, -0.2) is 29.9 Å². The maximum absolute atomic E-state index is 12.2. The van der Waals surface area contributed by atoms with Gasteiger partial charge in [-0.3, -0.25) is 9.71 Å². The molecule has 20 heavy (non-hydrogen) atoms. The fourth-order valence-corrected chi connectivity index (χ4v) is 2.82. The lowest BCUT2D eigenvalue weighted by atomic mass is 10.4. The summed E-state index contributed by atoms with van der Waals surface area (Å²) < 4.78 is 27.3. The molecule has 106 valence electrons. The van der Waals surface area contributed by atoms with Crippen molar-refractivity contribution in [3.8, 4) is 0 Å². The SMILES string of the molecule is CCNc1ncc(S(=O)(=O)Nc2ccncc2Br)cn1. The zero-order chi connectivity index (χ0) is 14.6. The maximum atomic E-state index is 12.2. The molecule has 2 aromatic rings. The Morgan fingerprint density at radius 3 is 2.55 bits per heavy atom. The highest BCUT2D eigenvalue weighted by atomic mass is 79.9. The highest BCUT2D eigenvalue weighted by molar-refractivity contribution is 9.10. The second-order valence-electron chi connectivity index (χ2n) is 3.73. The van der Waals surface area contributed by atoms with Gasteiger partial charge in [0.05, 0.1) is 22.6 Å². The molecule has 0 aliphatic rings. The van der Waals surface area contributed by atoms with Gasteiger partial charge in [0, 0.05) is 18.9 Å². The molecular formula is C11H12BrN5O2S. The van der Waals surface area contributed by atoms with Gasteiger partial charge < -0.3 is 5.32 Å². The van der Waals surface area contributed by atoms with Crippen LogP contribution in [0.15, 0.2) is 40.2 Å². The minimum Gasteiger partial charge on any atom is -0.355 e. The summed E-state index contributed by atoms with van der Waals surface area (Å²) in [7, 11) is -3.73. The van der Waals surface area contributed by atoms with Crippen LogP contribution < -0.4 is 10.0 Å². The van der Waals surface area contributed by atoms with Crippen LogP contribution in [0.1, 0.15) is 6.92 Å². The first-order valence-electron chi connectivity index (χ1n) is 5.71. The molecule has 0 spiro atoms. The Kier molecular flexibility index (Phi) is 4.50. The van der Waals surface area contributed by atoms with E-state index < -0.39 is 10.0 Å². The molecule has 2 N–H and O–H groups in total. The monoisotopic (exact) mass is 357 g/mol. The number of pyridine rings is 1. The largest absolute Gasteiger partial charge is 0.355 e. The van der Waals surface area contributed by atoms with Crippen LogP contribution in [0.5, 0.6) is 0 Å². The number of halogens is 1. The zero-order valence-corrected chi connectivity index (χ0v) is 12.9. The quantitative estimate of drug-likeness (QED) is 0.847. The summed E-state index contributed by atoms with van der Waals surface area (Å²) in [5.41, 5.74) is 0.399. The first kappa shape index (κ1) is 14.7. The van der Waals surface area contributed by atoms with Gasteiger partial charge in [-0.05, 0) is 28.9 Å². The van der Waals surface area contributed by atoms with Crippen LogP contribution >= 0.6 is 15.9 Å². The first-order chi connectivity index (χ1) is 9.53. The molecular weight excluding hydrogens is 346 g/mol. The van der Waals surface area contributed by atoms with E-state index in [1.54, 1.807) is 6.07 Å². The minimum atomic E-state index is -3.73. The molecule has 0 aliphatic carbocycles. The fourth-order valence-electron chi connectivity index (χ4n) is 1.37. The highest BCUT2D eigenvalue weighted by Crippen LogP contribution is 2.23. The van der Waals surface area contributed by atoms with Crippen molar-refractivity contribution in [2.75, 3.05) is 16.6 Å². The number of nitrogens with one attached hydrogen (secondary N) is 2. The number of sulfonamides is 1. The lowest BCUT2D eigenvalue weighted by Gasteiger charge is -2.09. The lowest BCUT2D eigenvalue weighted by Crippen LogP contribution is -2.14. The summed E-state index contributed by atoms with van der Waals surface area (Å²) in [5, 5.41) is 2.89. The van der Waals surface area contributed by atoms with E-state index in [2.05, 4.69) is 40.9 Å². The summed E-state index contributed by atoms with van der Waals surface area (Å²) in [5.74, 6) is 0.386. The molecule has 0 unspecified atom stereocenters. The standard InChI is InChI=1S/C11H12BrN5O2S/c1-2-14-11-15-5-8(6-16-11)20(18,19)17-10-3-4-13-7-9(10)12/h3-7H,2H2,1H3,(H,13,17)(H,14,15,16). The zero-order valence-electron chi connectivity index (χ0n) is 10.5. The second-order valence-corrected chi connectivity index (χ2v) is 6.27. The Balaban J connectivity index is 2.24. The predicted octanol–water partition coefficient (Wildman–Crippen LogP) is 1.87. The van der Waals surface area contributed by atoms with Crippen molar-refractivity contribution in [2.24, 2.45) is 0 Å². The molecule has 0 saturated carbocycles. The van der Waals surface area contributed by atoms with Crippen LogP contribution in [0.25, 0.3) is 0 Å². The fraction of sp³-hybridized carbons (Fsp3) is 0.182. The molecule has 2 heterocycles. The van der Waals surface area contributed by atoms with E-state index in [0.717, 1.165) is 0 Å². The normalized spacial score (nSPS) is 11.1. The Morgan fingerprint density at radius 2 is 1.95 bits per heavy atom. The average Bonchev–Trinajstić information content (AvgIpc) is 2.42. The van der Waals surface area contributed by atoms with Crippen molar-refractivity contribution in [3.63, 3.8) is 0 Å². The summed E-state index contributed by atoms with van der Waals surface area (Å²) in [6.45, 7) is 2.56. The molecule has 9 heteroatoms. The van der Waals surface area contributed by atoms with E-state index in [0.29, 0.717) is 22.7 Å². The van der Waals surface area contributed by atoms with Gasteiger partial charge in [0.1, 0.15) is 4.90 Å². The van der Waals surface area contributed by atoms with Gasteiger partial charge in [0.15, 0.2) is 0 Å². The number of nitrogens with zero attached hydrogens (tertiary/aromatic N) is 3. The smallest absolute Gasteiger partial charge is 0.265 e. The average molecular weight is 358 g/mol. The van der Waals surface area contributed by atoms with Crippen LogP contribution in [0.4, 0.5) is 11.6 Å². The van der Waals surface area contributed by atoms with Gasteiger partial charge in [0.25, 0.3) is 10.0 Å². The molecule has 0 bridgehead atoms. The Labute approximate surface area is 125 Å². The van der Waals surface area contributed by atoms with Gasteiger partial charge in [-0.15, -0.1) is 0 Å². The number of rotatable bonds is 5. The van der Waals surface area contributed by atoms with Crippen molar-refractivity contribution in [2.45, 2.75) is 11.8 Å². The van der Waals surface area contributed by atoms with E-state index in [-0.39, 0.29) is 4.90 Å². The van der Waals surface area contributed by atoms with E-state index >= 15 is 0 Å².